The molecule has 7 nitrogen and oxygen atoms in total. The van der Waals surface area contributed by atoms with Crippen molar-refractivity contribution in [1.82, 2.24) is 14.4 Å². The number of hydrogen-bond donors (Lipinski definition) is 1. The minimum Gasteiger partial charge on any atom is -0.497 e. The van der Waals surface area contributed by atoms with Crippen molar-refractivity contribution < 1.29 is 9.53 Å². The third kappa shape index (κ3) is 3.59. The summed E-state index contributed by atoms with van der Waals surface area (Å²) < 4.78 is 7.33. The Hall–Kier alpha value is -3.87. The Kier molecular flexibility index (Phi) is 5.00. The number of carbonyl (C=O) groups excluding carboxylic acids is 1. The van der Waals surface area contributed by atoms with Crippen LogP contribution in [0, 0.1) is 0 Å². The van der Waals surface area contributed by atoms with Crippen LogP contribution in [0.4, 0.5) is 11.5 Å². The fourth-order valence-electron chi connectivity index (χ4n) is 4.07. The first-order valence-corrected chi connectivity index (χ1v) is 10.3. The fraction of sp³-hybridized carbons (Fsp3) is 0.208. The van der Waals surface area contributed by atoms with Gasteiger partial charge in [0.2, 0.25) is 5.91 Å². The molecule has 0 spiro atoms. The normalized spacial score (nSPS) is 12.7. The lowest BCUT2D eigenvalue weighted by Gasteiger charge is -2.17. The maximum Gasteiger partial charge on any atom is 0.228 e. The van der Waals surface area contributed by atoms with Crippen LogP contribution >= 0.6 is 0 Å². The molecule has 1 amide bonds. The number of methoxy groups -OCH3 is 1. The Balaban J connectivity index is 1.37. The number of aromatic nitrogens is 3. The summed E-state index contributed by atoms with van der Waals surface area (Å²) in [4.78, 5) is 23.7. The molecule has 0 fully saturated rings. The zero-order valence-electron chi connectivity index (χ0n) is 17.3. The van der Waals surface area contributed by atoms with Crippen molar-refractivity contribution in [3.8, 4) is 17.0 Å². The van der Waals surface area contributed by atoms with Crippen LogP contribution in [0.25, 0.3) is 16.9 Å². The predicted octanol–water partition coefficient (Wildman–Crippen LogP) is 3.80. The molecule has 1 aliphatic heterocycles. The van der Waals surface area contributed by atoms with Crippen LogP contribution in [-0.2, 0) is 11.2 Å². The molecule has 7 heteroatoms. The molecule has 0 saturated carbocycles. The molecule has 3 heterocycles. The van der Waals surface area contributed by atoms with Crippen molar-refractivity contribution in [2.45, 2.75) is 12.8 Å². The zero-order chi connectivity index (χ0) is 21.2. The van der Waals surface area contributed by atoms with Gasteiger partial charge in [-0.1, -0.05) is 30.3 Å². The van der Waals surface area contributed by atoms with Crippen LogP contribution in [0.3, 0.4) is 0 Å². The summed E-state index contributed by atoms with van der Waals surface area (Å²) in [6.45, 7) is 1.25. The highest BCUT2D eigenvalue weighted by Gasteiger charge is 2.24. The molecule has 4 aromatic rings. The number of nitrogens with one attached hydrogen (secondary N) is 1. The van der Waals surface area contributed by atoms with Crippen LogP contribution in [0.5, 0.6) is 5.75 Å². The number of benzene rings is 2. The van der Waals surface area contributed by atoms with Crippen LogP contribution in [0.2, 0.25) is 0 Å². The number of imidazole rings is 1. The predicted molar refractivity (Wildman–Crippen MR) is 121 cm³/mol. The monoisotopic (exact) mass is 413 g/mol. The summed E-state index contributed by atoms with van der Waals surface area (Å²) in [6.07, 6.45) is 6.62. The standard InChI is InChI=1S/C24H23N5O2/c1-31-19-7-4-6-18(15-19)23-24(29-14-12-25-16-21(29)27-23)26-11-9-22(30)28-13-10-17-5-2-3-8-20(17)28/h2-8,12,14-16,26H,9-11,13H2,1H3. The quantitative estimate of drug-likeness (QED) is 0.521. The van der Waals surface area contributed by atoms with Gasteiger partial charge in [-0.2, -0.15) is 0 Å². The summed E-state index contributed by atoms with van der Waals surface area (Å²) in [6, 6.07) is 15.9. The molecular formula is C24H23N5O2. The lowest BCUT2D eigenvalue weighted by molar-refractivity contribution is -0.118. The minimum absolute atomic E-state index is 0.121. The number of rotatable bonds is 6. The van der Waals surface area contributed by atoms with E-state index < -0.39 is 0 Å². The zero-order valence-corrected chi connectivity index (χ0v) is 17.3. The van der Waals surface area contributed by atoms with Gasteiger partial charge in [0.1, 0.15) is 17.3 Å². The summed E-state index contributed by atoms with van der Waals surface area (Å²) in [7, 11) is 1.65. The van der Waals surface area contributed by atoms with Crippen molar-refractivity contribution in [2.24, 2.45) is 0 Å². The number of ether oxygens (including phenoxy) is 1. The second kappa shape index (κ2) is 8.10. The summed E-state index contributed by atoms with van der Waals surface area (Å²) in [5.74, 6) is 1.72. The Labute approximate surface area is 180 Å². The Bertz CT molecular complexity index is 1250. The van der Waals surface area contributed by atoms with Gasteiger partial charge in [-0.15, -0.1) is 0 Å². The van der Waals surface area contributed by atoms with Crippen molar-refractivity contribution in [1.29, 1.82) is 0 Å². The first-order valence-electron chi connectivity index (χ1n) is 10.3. The van der Waals surface area contributed by atoms with Gasteiger partial charge < -0.3 is 15.0 Å². The van der Waals surface area contributed by atoms with E-state index in [9.17, 15) is 4.79 Å². The molecule has 0 atom stereocenters. The van der Waals surface area contributed by atoms with E-state index >= 15 is 0 Å². The van der Waals surface area contributed by atoms with E-state index in [1.807, 2.05) is 58.0 Å². The molecule has 156 valence electrons. The number of nitrogens with zero attached hydrogens (tertiary/aromatic N) is 4. The second-order valence-electron chi connectivity index (χ2n) is 7.45. The van der Waals surface area contributed by atoms with E-state index in [4.69, 9.17) is 9.72 Å². The Morgan fingerprint density at radius 2 is 2.10 bits per heavy atom. The van der Waals surface area contributed by atoms with Gasteiger partial charge in [0.05, 0.1) is 13.3 Å². The molecule has 1 aliphatic rings. The van der Waals surface area contributed by atoms with Crippen LogP contribution in [0.15, 0.2) is 67.1 Å². The van der Waals surface area contributed by atoms with E-state index in [1.54, 1.807) is 19.5 Å². The fourth-order valence-corrected chi connectivity index (χ4v) is 4.07. The van der Waals surface area contributed by atoms with Crippen molar-refractivity contribution in [3.05, 3.63) is 72.7 Å². The first-order chi connectivity index (χ1) is 15.2. The highest BCUT2D eigenvalue weighted by atomic mass is 16.5. The molecule has 31 heavy (non-hydrogen) atoms. The van der Waals surface area contributed by atoms with Crippen LogP contribution in [0.1, 0.15) is 12.0 Å². The number of carbonyl (C=O) groups is 1. The largest absolute Gasteiger partial charge is 0.497 e. The number of para-hydroxylation sites is 1. The second-order valence-corrected chi connectivity index (χ2v) is 7.45. The smallest absolute Gasteiger partial charge is 0.228 e. The SMILES string of the molecule is COc1cccc(-c2nc3cnccn3c2NCCC(=O)N2CCc3ccccc32)c1. The maximum absolute atomic E-state index is 12.9. The highest BCUT2D eigenvalue weighted by molar-refractivity contribution is 5.95. The van der Waals surface area contributed by atoms with Gasteiger partial charge >= 0.3 is 0 Å². The lowest BCUT2D eigenvalue weighted by atomic mass is 10.1. The lowest BCUT2D eigenvalue weighted by Crippen LogP contribution is -2.30. The molecule has 0 saturated heterocycles. The molecule has 2 aromatic heterocycles. The summed E-state index contributed by atoms with van der Waals surface area (Å²) >= 11 is 0. The first kappa shape index (κ1) is 19.1. The molecule has 0 bridgehead atoms. The van der Waals surface area contributed by atoms with Gasteiger partial charge in [-0.3, -0.25) is 14.2 Å². The van der Waals surface area contributed by atoms with Gasteiger partial charge in [0.15, 0.2) is 5.65 Å². The molecular weight excluding hydrogens is 390 g/mol. The average Bonchev–Trinajstić information content (AvgIpc) is 3.41. The summed E-state index contributed by atoms with van der Waals surface area (Å²) in [5.41, 5.74) is 4.74. The van der Waals surface area contributed by atoms with Crippen molar-refractivity contribution in [2.75, 3.05) is 30.4 Å². The van der Waals surface area contributed by atoms with Gasteiger partial charge in [0, 0.05) is 43.2 Å². The van der Waals surface area contributed by atoms with Gasteiger partial charge in [-0.25, -0.2) is 4.98 Å². The van der Waals surface area contributed by atoms with Crippen molar-refractivity contribution in [3.63, 3.8) is 0 Å². The average molecular weight is 413 g/mol. The Morgan fingerprint density at radius 1 is 1.19 bits per heavy atom. The van der Waals surface area contributed by atoms with Crippen LogP contribution < -0.4 is 15.0 Å². The third-order valence-electron chi connectivity index (χ3n) is 5.59. The topological polar surface area (TPSA) is 71.8 Å². The highest BCUT2D eigenvalue weighted by Crippen LogP contribution is 2.31. The van der Waals surface area contributed by atoms with E-state index in [0.29, 0.717) is 13.0 Å². The third-order valence-corrected chi connectivity index (χ3v) is 5.59. The van der Waals surface area contributed by atoms with E-state index in [1.165, 1.54) is 5.56 Å². The molecule has 5 rings (SSSR count). The molecule has 0 unspecified atom stereocenters. The van der Waals surface area contributed by atoms with E-state index in [-0.39, 0.29) is 5.91 Å². The number of anilines is 2. The molecule has 1 N–H and O–H groups in total. The number of hydrogen-bond acceptors (Lipinski definition) is 5. The van der Waals surface area contributed by atoms with Gasteiger partial charge in [0.25, 0.3) is 0 Å². The van der Waals surface area contributed by atoms with Crippen LogP contribution in [-0.4, -0.2) is 40.5 Å². The molecule has 0 radical (unpaired) electrons. The van der Waals surface area contributed by atoms with E-state index in [0.717, 1.165) is 47.1 Å². The molecule has 0 aliphatic carbocycles. The van der Waals surface area contributed by atoms with Crippen molar-refractivity contribution >= 4 is 23.1 Å². The maximum atomic E-state index is 12.9. The van der Waals surface area contributed by atoms with E-state index in [2.05, 4.69) is 16.4 Å². The molecule has 2 aromatic carbocycles. The number of amides is 1. The van der Waals surface area contributed by atoms with Gasteiger partial charge in [-0.05, 0) is 30.2 Å². The Morgan fingerprint density at radius 3 is 3.00 bits per heavy atom. The minimum atomic E-state index is 0.121. The number of fused-ring (bicyclic) bond motifs is 2. The summed E-state index contributed by atoms with van der Waals surface area (Å²) in [5, 5.41) is 3.43.